The molecule has 5 heteroatoms. The second kappa shape index (κ2) is 4.11. The first-order chi connectivity index (χ1) is 6.00. The van der Waals surface area contributed by atoms with Crippen LogP contribution in [0, 0.1) is 0 Å². The Morgan fingerprint density at radius 3 is 2.54 bits per heavy atom. The van der Waals surface area contributed by atoms with Gasteiger partial charge in [-0.05, 0) is 13.5 Å². The zero-order chi connectivity index (χ0) is 10.0. The van der Waals surface area contributed by atoms with Gasteiger partial charge in [-0.15, -0.1) is 0 Å². The molecule has 0 unspecified atom stereocenters. The Hall–Kier alpha value is -0.550. The Balaban J connectivity index is 2.50. The number of thioether (sulfide) groups is 1. The van der Waals surface area contributed by atoms with E-state index in [0.717, 1.165) is 6.54 Å². The van der Waals surface area contributed by atoms with Crippen LogP contribution in [0.3, 0.4) is 0 Å². The number of hydrogen-bond donors (Lipinski definition) is 1. The molecule has 1 saturated heterocycles. The third kappa shape index (κ3) is 2.70. The van der Waals surface area contributed by atoms with Crippen LogP contribution in [0.15, 0.2) is 0 Å². The van der Waals surface area contributed by atoms with E-state index in [1.54, 1.807) is 6.92 Å². The molecule has 0 spiro atoms. The molecule has 0 aromatic heterocycles. The second-order valence-electron chi connectivity index (χ2n) is 3.32. The van der Waals surface area contributed by atoms with Gasteiger partial charge in [0.25, 0.3) is 0 Å². The molecule has 0 aliphatic carbocycles. The lowest BCUT2D eigenvalue weighted by atomic mass is 10.2. The Kier molecular flexibility index (Phi) is 3.33. The van der Waals surface area contributed by atoms with E-state index in [0.29, 0.717) is 6.42 Å². The minimum atomic E-state index is -0.297. The van der Waals surface area contributed by atoms with Crippen LogP contribution in [-0.2, 0) is 9.59 Å². The zero-order valence-corrected chi connectivity index (χ0v) is 8.63. The monoisotopic (exact) mass is 202 g/mol. The largest absolute Gasteiger partial charge is 0.368 e. The lowest BCUT2D eigenvalue weighted by molar-refractivity contribution is -0.121. The van der Waals surface area contributed by atoms with Crippen molar-refractivity contribution in [2.45, 2.75) is 24.6 Å². The van der Waals surface area contributed by atoms with Crippen LogP contribution in [0.25, 0.3) is 0 Å². The maximum Gasteiger partial charge on any atom is 0.234 e. The number of primary amides is 1. The lowest BCUT2D eigenvalue weighted by Crippen LogP contribution is -2.37. The van der Waals surface area contributed by atoms with Gasteiger partial charge in [-0.3, -0.25) is 14.5 Å². The van der Waals surface area contributed by atoms with Crippen molar-refractivity contribution in [2.24, 2.45) is 5.73 Å². The third-order valence-corrected chi connectivity index (χ3v) is 3.18. The van der Waals surface area contributed by atoms with Crippen molar-refractivity contribution in [3.8, 4) is 0 Å². The second-order valence-corrected chi connectivity index (χ2v) is 4.80. The predicted molar refractivity (Wildman–Crippen MR) is 52.3 cm³/mol. The van der Waals surface area contributed by atoms with Gasteiger partial charge in [-0.25, -0.2) is 0 Å². The predicted octanol–water partition coefficient (Wildman–Crippen LogP) is -0.176. The molecule has 0 radical (unpaired) electrons. The Morgan fingerprint density at radius 1 is 1.54 bits per heavy atom. The summed E-state index contributed by atoms with van der Waals surface area (Å²) in [5, 5.41) is 0.323. The van der Waals surface area contributed by atoms with E-state index >= 15 is 0 Å². The molecular formula is C8H14N2O2S. The maximum atomic E-state index is 10.9. The first kappa shape index (κ1) is 10.5. The Morgan fingerprint density at radius 2 is 2.15 bits per heavy atom. The summed E-state index contributed by atoms with van der Waals surface area (Å²) >= 11 is 1.30. The molecule has 2 atom stereocenters. The normalized spacial score (nSPS) is 29.1. The number of likely N-dealkylation sites (N-methyl/N-ethyl adjacent to an activating group) is 1. The van der Waals surface area contributed by atoms with Crippen molar-refractivity contribution < 1.29 is 9.59 Å². The summed E-state index contributed by atoms with van der Waals surface area (Å²) in [5.41, 5.74) is 5.21. The summed E-state index contributed by atoms with van der Waals surface area (Å²) in [6.07, 6.45) is 0.691. The number of likely N-dealkylation sites (tertiary alicyclic amines) is 1. The van der Waals surface area contributed by atoms with Gasteiger partial charge in [0.1, 0.15) is 0 Å². The van der Waals surface area contributed by atoms with E-state index in [9.17, 15) is 9.59 Å². The summed E-state index contributed by atoms with van der Waals surface area (Å²) in [7, 11) is 1.86. The van der Waals surface area contributed by atoms with Crippen LogP contribution < -0.4 is 5.73 Å². The highest BCUT2D eigenvalue weighted by atomic mass is 32.2. The third-order valence-electron chi connectivity index (χ3n) is 2.17. The van der Waals surface area contributed by atoms with Gasteiger partial charge in [0.05, 0.1) is 6.04 Å². The Labute approximate surface area is 81.8 Å². The van der Waals surface area contributed by atoms with Crippen LogP contribution in [-0.4, -0.2) is 40.8 Å². The number of amides is 1. The van der Waals surface area contributed by atoms with Gasteiger partial charge < -0.3 is 5.73 Å². The summed E-state index contributed by atoms with van der Waals surface area (Å²) in [4.78, 5) is 23.6. The van der Waals surface area contributed by atoms with E-state index < -0.39 is 0 Å². The van der Waals surface area contributed by atoms with Crippen molar-refractivity contribution >= 4 is 22.8 Å². The van der Waals surface area contributed by atoms with Crippen LogP contribution in [0.4, 0.5) is 0 Å². The first-order valence-corrected chi connectivity index (χ1v) is 5.05. The van der Waals surface area contributed by atoms with Crippen LogP contribution in [0.2, 0.25) is 0 Å². The summed E-state index contributed by atoms with van der Waals surface area (Å²) in [5.74, 6) is -0.297. The lowest BCUT2D eigenvalue weighted by Gasteiger charge is -2.14. The zero-order valence-electron chi connectivity index (χ0n) is 7.82. The van der Waals surface area contributed by atoms with Crippen molar-refractivity contribution in [3.63, 3.8) is 0 Å². The molecule has 1 heterocycles. The van der Waals surface area contributed by atoms with E-state index in [2.05, 4.69) is 0 Å². The summed E-state index contributed by atoms with van der Waals surface area (Å²) < 4.78 is 0. The van der Waals surface area contributed by atoms with Crippen molar-refractivity contribution in [2.75, 3.05) is 13.6 Å². The van der Waals surface area contributed by atoms with Crippen molar-refractivity contribution in [1.29, 1.82) is 0 Å². The molecule has 1 aliphatic heterocycles. The van der Waals surface area contributed by atoms with E-state index in [4.69, 9.17) is 5.73 Å². The van der Waals surface area contributed by atoms with E-state index in [1.807, 2.05) is 11.9 Å². The molecule has 0 aromatic rings. The van der Waals surface area contributed by atoms with Crippen molar-refractivity contribution in [1.82, 2.24) is 4.90 Å². The molecule has 0 aromatic carbocycles. The van der Waals surface area contributed by atoms with E-state index in [1.165, 1.54) is 11.8 Å². The van der Waals surface area contributed by atoms with Gasteiger partial charge in [0.15, 0.2) is 5.12 Å². The average Bonchev–Trinajstić information content (AvgIpc) is 2.29. The number of rotatable bonds is 2. The Bertz CT molecular complexity index is 232. The van der Waals surface area contributed by atoms with Crippen molar-refractivity contribution in [3.05, 3.63) is 0 Å². The van der Waals surface area contributed by atoms with Gasteiger partial charge >= 0.3 is 0 Å². The summed E-state index contributed by atoms with van der Waals surface area (Å²) in [6, 6.07) is -0.197. The fraction of sp³-hybridized carbons (Fsp3) is 0.750. The average molecular weight is 202 g/mol. The molecule has 1 fully saturated rings. The number of carbonyl (C=O) groups is 2. The molecule has 2 N–H and O–H groups in total. The quantitative estimate of drug-likeness (QED) is 0.675. The number of carbonyl (C=O) groups excluding carboxylic acids is 2. The highest BCUT2D eigenvalue weighted by Gasteiger charge is 2.33. The smallest absolute Gasteiger partial charge is 0.234 e. The first-order valence-electron chi connectivity index (χ1n) is 4.17. The summed E-state index contributed by atoms with van der Waals surface area (Å²) in [6.45, 7) is 2.31. The minimum Gasteiger partial charge on any atom is -0.368 e. The SMILES string of the molecule is CC(=O)S[C@H]1C[C@@H](C(N)=O)N(C)C1. The molecule has 0 saturated carbocycles. The van der Waals surface area contributed by atoms with E-state index in [-0.39, 0.29) is 22.3 Å². The number of hydrogen-bond acceptors (Lipinski definition) is 4. The minimum absolute atomic E-state index is 0.100. The van der Waals surface area contributed by atoms with Gasteiger partial charge in [0, 0.05) is 18.7 Å². The van der Waals surface area contributed by atoms with Gasteiger partial charge in [-0.2, -0.15) is 0 Å². The topological polar surface area (TPSA) is 63.4 Å². The molecule has 0 bridgehead atoms. The van der Waals surface area contributed by atoms with Crippen LogP contribution in [0.1, 0.15) is 13.3 Å². The highest BCUT2D eigenvalue weighted by Crippen LogP contribution is 2.26. The fourth-order valence-corrected chi connectivity index (χ4v) is 2.66. The van der Waals surface area contributed by atoms with Crippen LogP contribution >= 0.6 is 11.8 Å². The van der Waals surface area contributed by atoms with Gasteiger partial charge in [0.2, 0.25) is 5.91 Å². The fourth-order valence-electron chi connectivity index (χ4n) is 1.61. The molecule has 13 heavy (non-hydrogen) atoms. The molecule has 1 aliphatic rings. The molecule has 1 amide bonds. The maximum absolute atomic E-state index is 10.9. The standard InChI is InChI=1S/C8H14N2O2S/c1-5(11)13-6-3-7(8(9)12)10(2)4-6/h6-7H,3-4H2,1-2H3,(H2,9,12)/t6-,7-/m0/s1. The number of nitrogens with zero attached hydrogens (tertiary/aromatic N) is 1. The molecule has 1 rings (SSSR count). The van der Waals surface area contributed by atoms with Gasteiger partial charge in [-0.1, -0.05) is 11.8 Å². The molecular weight excluding hydrogens is 188 g/mol. The molecule has 4 nitrogen and oxygen atoms in total. The highest BCUT2D eigenvalue weighted by molar-refractivity contribution is 8.14. The van der Waals surface area contributed by atoms with Crippen LogP contribution in [0.5, 0.6) is 0 Å². The number of nitrogens with two attached hydrogens (primary N) is 1. The molecule has 74 valence electrons.